The molecule has 0 fully saturated rings. The lowest BCUT2D eigenvalue weighted by Crippen LogP contribution is -2.06. The van der Waals surface area contributed by atoms with E-state index in [1.807, 2.05) is 0 Å². The number of halogens is 5. The second kappa shape index (κ2) is 7.43. The van der Waals surface area contributed by atoms with Crippen LogP contribution in [0.2, 0.25) is 5.02 Å². The summed E-state index contributed by atoms with van der Waals surface area (Å²) < 4.78 is 61.7. The molecule has 10 heteroatoms. The Bertz CT molecular complexity index is 720. The second-order valence-corrected chi connectivity index (χ2v) is 5.83. The Morgan fingerprint density at radius 3 is 2.38 bits per heavy atom. The van der Waals surface area contributed by atoms with Gasteiger partial charge in [-0.3, -0.25) is 0 Å². The van der Waals surface area contributed by atoms with E-state index >= 15 is 0 Å². The van der Waals surface area contributed by atoms with Gasteiger partial charge in [0.05, 0.1) is 41.6 Å². The summed E-state index contributed by atoms with van der Waals surface area (Å²) in [4.78, 5) is 7.99. The van der Waals surface area contributed by atoms with Crippen LogP contribution in [0.1, 0.15) is 11.3 Å². The maximum absolute atomic E-state index is 13.9. The number of hydrogen-bond donors (Lipinski definition) is 0. The van der Waals surface area contributed by atoms with Crippen LogP contribution in [-0.2, 0) is 11.9 Å². The van der Waals surface area contributed by atoms with Crippen LogP contribution in [0.15, 0.2) is 23.2 Å². The molecule has 0 spiro atoms. The van der Waals surface area contributed by atoms with Crippen LogP contribution in [0.3, 0.4) is 0 Å². The molecule has 0 aliphatic rings. The lowest BCUT2D eigenvalue weighted by Gasteiger charge is -2.11. The minimum Gasteiger partial charge on any atom is -0.477 e. The highest BCUT2D eigenvalue weighted by Crippen LogP contribution is 2.38. The van der Waals surface area contributed by atoms with E-state index in [0.717, 1.165) is 11.8 Å². The molecule has 0 saturated heterocycles. The lowest BCUT2D eigenvalue weighted by molar-refractivity contribution is -0.137. The van der Waals surface area contributed by atoms with Crippen molar-refractivity contribution in [1.82, 2.24) is 9.97 Å². The molecule has 0 unspecified atom stereocenters. The number of ether oxygens (including phenoxy) is 2. The van der Waals surface area contributed by atoms with Gasteiger partial charge < -0.3 is 9.47 Å². The minimum atomic E-state index is -4.66. The van der Waals surface area contributed by atoms with E-state index in [4.69, 9.17) is 21.1 Å². The molecule has 2 aromatic rings. The SMILES string of the molecule is COc1ncc(CSc2c(F)cc(C(F)(F)F)cc2Cl)nc1OC. The van der Waals surface area contributed by atoms with Crippen LogP contribution in [0.4, 0.5) is 17.6 Å². The van der Waals surface area contributed by atoms with Crippen molar-refractivity contribution >= 4 is 23.4 Å². The molecule has 4 nitrogen and oxygen atoms in total. The fourth-order valence-corrected chi connectivity index (χ4v) is 2.94. The lowest BCUT2D eigenvalue weighted by atomic mass is 10.2. The highest BCUT2D eigenvalue weighted by molar-refractivity contribution is 7.98. The van der Waals surface area contributed by atoms with Gasteiger partial charge in [-0.1, -0.05) is 11.6 Å². The van der Waals surface area contributed by atoms with E-state index in [-0.39, 0.29) is 27.4 Å². The van der Waals surface area contributed by atoms with Crippen LogP contribution in [0.25, 0.3) is 0 Å². The van der Waals surface area contributed by atoms with Crippen LogP contribution < -0.4 is 9.47 Å². The predicted octanol–water partition coefficient (Wildman–Crippen LogP) is 4.60. The van der Waals surface area contributed by atoms with E-state index in [9.17, 15) is 17.6 Å². The Balaban J connectivity index is 2.21. The summed E-state index contributed by atoms with van der Waals surface area (Å²) >= 11 is 6.68. The molecule has 24 heavy (non-hydrogen) atoms. The van der Waals surface area contributed by atoms with Gasteiger partial charge >= 0.3 is 6.18 Å². The Morgan fingerprint density at radius 2 is 1.83 bits per heavy atom. The first kappa shape index (κ1) is 18.6. The smallest absolute Gasteiger partial charge is 0.416 e. The Labute approximate surface area is 144 Å². The molecule has 1 heterocycles. The Kier molecular flexibility index (Phi) is 5.76. The number of thioether (sulfide) groups is 1. The highest BCUT2D eigenvalue weighted by Gasteiger charge is 2.32. The van der Waals surface area contributed by atoms with E-state index in [2.05, 4.69) is 9.97 Å². The molecule has 0 radical (unpaired) electrons. The summed E-state index contributed by atoms with van der Waals surface area (Å²) in [5.41, 5.74) is -0.715. The van der Waals surface area contributed by atoms with E-state index in [1.54, 1.807) is 0 Å². The Hall–Kier alpha value is -1.74. The van der Waals surface area contributed by atoms with Crippen LogP contribution in [-0.4, -0.2) is 24.2 Å². The van der Waals surface area contributed by atoms with Gasteiger partial charge in [0.25, 0.3) is 11.8 Å². The number of rotatable bonds is 5. The average Bonchev–Trinajstić information content (AvgIpc) is 2.52. The molecule has 1 aromatic carbocycles. The first-order valence-electron chi connectivity index (χ1n) is 6.39. The third-order valence-corrected chi connectivity index (χ3v) is 4.39. The van der Waals surface area contributed by atoms with Gasteiger partial charge in [-0.2, -0.15) is 13.2 Å². The zero-order valence-electron chi connectivity index (χ0n) is 12.4. The number of aromatic nitrogens is 2. The van der Waals surface area contributed by atoms with E-state index in [1.165, 1.54) is 20.4 Å². The number of nitrogens with zero attached hydrogens (tertiary/aromatic N) is 2. The quantitative estimate of drug-likeness (QED) is 0.558. The van der Waals surface area contributed by atoms with Gasteiger partial charge in [0.1, 0.15) is 5.82 Å². The summed E-state index contributed by atoms with van der Waals surface area (Å²) in [6.07, 6.45) is -3.27. The first-order valence-corrected chi connectivity index (χ1v) is 7.75. The standard InChI is InChI=1S/C14H11ClF4N2O2S/c1-22-12-13(23-2)21-8(5-20-12)6-24-11-9(15)3-7(4-10(11)16)14(17,18)19/h3-5H,6H2,1-2H3. The molecule has 0 atom stereocenters. The van der Waals surface area contributed by atoms with Crippen LogP contribution in [0, 0.1) is 5.82 Å². The molecule has 0 aliphatic heterocycles. The molecule has 0 bridgehead atoms. The van der Waals surface area contributed by atoms with Gasteiger partial charge in [0.15, 0.2) is 0 Å². The molecular weight excluding hydrogens is 372 g/mol. The molecule has 2 rings (SSSR count). The topological polar surface area (TPSA) is 44.2 Å². The number of benzene rings is 1. The third kappa shape index (κ3) is 4.21. The van der Waals surface area contributed by atoms with Crippen molar-refractivity contribution in [2.45, 2.75) is 16.8 Å². The molecule has 1 aromatic heterocycles. The normalized spacial score (nSPS) is 11.5. The zero-order valence-corrected chi connectivity index (χ0v) is 14.0. The fraction of sp³-hybridized carbons (Fsp3) is 0.286. The van der Waals surface area contributed by atoms with Crippen molar-refractivity contribution in [1.29, 1.82) is 0 Å². The van der Waals surface area contributed by atoms with Crippen LogP contribution in [0.5, 0.6) is 11.8 Å². The molecule has 0 amide bonds. The van der Waals surface area contributed by atoms with Gasteiger partial charge in [0.2, 0.25) is 0 Å². The highest BCUT2D eigenvalue weighted by atomic mass is 35.5. The fourth-order valence-electron chi connectivity index (χ4n) is 1.75. The van der Waals surface area contributed by atoms with Crippen molar-refractivity contribution in [3.8, 4) is 11.8 Å². The average molecular weight is 383 g/mol. The zero-order chi connectivity index (χ0) is 17.9. The predicted molar refractivity (Wildman–Crippen MR) is 81.1 cm³/mol. The minimum absolute atomic E-state index is 0.0961. The van der Waals surface area contributed by atoms with Gasteiger partial charge in [-0.05, 0) is 12.1 Å². The maximum Gasteiger partial charge on any atom is 0.416 e. The van der Waals surface area contributed by atoms with Gasteiger partial charge in [-0.25, -0.2) is 14.4 Å². The molecule has 0 saturated carbocycles. The van der Waals surface area contributed by atoms with E-state index in [0.29, 0.717) is 17.8 Å². The van der Waals surface area contributed by atoms with Crippen molar-refractivity contribution < 1.29 is 27.0 Å². The largest absolute Gasteiger partial charge is 0.477 e. The molecule has 0 N–H and O–H groups in total. The Morgan fingerprint density at radius 1 is 1.17 bits per heavy atom. The van der Waals surface area contributed by atoms with Gasteiger partial charge in [0, 0.05) is 5.75 Å². The summed E-state index contributed by atoms with van der Waals surface area (Å²) in [6, 6.07) is 1.10. The number of alkyl halides is 3. The van der Waals surface area contributed by atoms with Crippen molar-refractivity contribution in [3.63, 3.8) is 0 Å². The van der Waals surface area contributed by atoms with Gasteiger partial charge in [-0.15, -0.1) is 11.8 Å². The number of methoxy groups -OCH3 is 2. The summed E-state index contributed by atoms with van der Waals surface area (Å²) in [5, 5.41) is -0.319. The third-order valence-electron chi connectivity index (χ3n) is 2.84. The number of hydrogen-bond acceptors (Lipinski definition) is 5. The van der Waals surface area contributed by atoms with Crippen LogP contribution >= 0.6 is 23.4 Å². The van der Waals surface area contributed by atoms with Crippen molar-refractivity contribution in [2.24, 2.45) is 0 Å². The second-order valence-electron chi connectivity index (χ2n) is 4.44. The molecule has 0 aliphatic carbocycles. The summed E-state index contributed by atoms with van der Waals surface area (Å²) in [5.74, 6) is -0.581. The molecule has 130 valence electrons. The first-order chi connectivity index (χ1) is 11.3. The van der Waals surface area contributed by atoms with E-state index < -0.39 is 17.6 Å². The monoisotopic (exact) mass is 382 g/mol. The van der Waals surface area contributed by atoms with Crippen molar-refractivity contribution in [3.05, 3.63) is 40.4 Å². The maximum atomic E-state index is 13.9. The summed E-state index contributed by atoms with van der Waals surface area (Å²) in [6.45, 7) is 0. The van der Waals surface area contributed by atoms with Crippen molar-refractivity contribution in [2.75, 3.05) is 14.2 Å². The summed E-state index contributed by atoms with van der Waals surface area (Å²) in [7, 11) is 2.79. The molecular formula is C14H11ClF4N2O2S.